The summed E-state index contributed by atoms with van der Waals surface area (Å²) in [6.45, 7) is 0. The number of hydrogen-bond donors (Lipinski definition) is 2. The Bertz CT molecular complexity index is 650. The number of halogens is 2. The van der Waals surface area contributed by atoms with E-state index in [4.69, 9.17) is 39.4 Å². The summed E-state index contributed by atoms with van der Waals surface area (Å²) in [7, 11) is 0. The third kappa shape index (κ3) is 1.80. The van der Waals surface area contributed by atoms with Gasteiger partial charge in [-0.05, 0) is 23.8 Å². The van der Waals surface area contributed by atoms with Crippen LogP contribution in [-0.4, -0.2) is 11.2 Å². The molecular formula is C13H11Cl2N3O. The van der Waals surface area contributed by atoms with Crippen molar-refractivity contribution < 1.29 is 4.74 Å². The van der Waals surface area contributed by atoms with E-state index < -0.39 is 11.8 Å². The molecule has 2 atom stereocenters. The normalized spacial score (nSPS) is 24.9. The van der Waals surface area contributed by atoms with Crippen LogP contribution in [0.1, 0.15) is 11.1 Å². The van der Waals surface area contributed by atoms with Crippen molar-refractivity contribution in [3.63, 3.8) is 0 Å². The number of pyridine rings is 1. The van der Waals surface area contributed by atoms with Gasteiger partial charge in [0.1, 0.15) is 11.3 Å². The molecular weight excluding hydrogens is 285 g/mol. The molecule has 6 heteroatoms. The Hall–Kier alpha value is -1.33. The maximum absolute atomic E-state index is 6.47. The van der Waals surface area contributed by atoms with Crippen LogP contribution in [0.2, 0.25) is 10.0 Å². The van der Waals surface area contributed by atoms with Crippen LogP contribution in [0.15, 0.2) is 36.7 Å². The summed E-state index contributed by atoms with van der Waals surface area (Å²) in [5.41, 5.74) is 13.1. The average Bonchev–Trinajstić information content (AvgIpc) is 2.66. The van der Waals surface area contributed by atoms with Crippen molar-refractivity contribution in [2.75, 3.05) is 0 Å². The fourth-order valence-electron chi connectivity index (χ4n) is 2.27. The number of rotatable bonds is 1. The summed E-state index contributed by atoms with van der Waals surface area (Å²) in [5, 5.41) is 0.898. The Kier molecular flexibility index (Phi) is 2.91. The number of nitrogens with zero attached hydrogens (tertiary/aromatic N) is 1. The molecule has 4 nitrogen and oxygen atoms in total. The molecule has 0 fully saturated rings. The molecule has 2 unspecified atom stereocenters. The van der Waals surface area contributed by atoms with E-state index in [1.165, 1.54) is 0 Å². The van der Waals surface area contributed by atoms with Crippen molar-refractivity contribution >= 4 is 23.2 Å². The lowest BCUT2D eigenvalue weighted by molar-refractivity contribution is 0.177. The number of fused-ring (bicyclic) bond motifs is 1. The van der Waals surface area contributed by atoms with Crippen LogP contribution in [0.4, 0.5) is 0 Å². The SMILES string of the molecule is NC1Oc2cnccc2C1(N)c1ccc(Cl)c(Cl)c1. The predicted octanol–water partition coefficient (Wildman–Crippen LogP) is 2.27. The van der Waals surface area contributed by atoms with Crippen LogP contribution < -0.4 is 16.2 Å². The van der Waals surface area contributed by atoms with Gasteiger partial charge in [0.25, 0.3) is 0 Å². The quantitative estimate of drug-likeness (QED) is 0.846. The monoisotopic (exact) mass is 295 g/mol. The van der Waals surface area contributed by atoms with Crippen molar-refractivity contribution in [1.29, 1.82) is 0 Å². The summed E-state index contributed by atoms with van der Waals surface area (Å²) in [4.78, 5) is 4.00. The molecule has 19 heavy (non-hydrogen) atoms. The zero-order valence-corrected chi connectivity index (χ0v) is 11.3. The molecule has 0 saturated carbocycles. The molecule has 1 aliphatic rings. The first-order chi connectivity index (χ1) is 9.03. The summed E-state index contributed by atoms with van der Waals surface area (Å²) in [5.74, 6) is 0.587. The van der Waals surface area contributed by atoms with Gasteiger partial charge >= 0.3 is 0 Å². The number of aromatic nitrogens is 1. The topological polar surface area (TPSA) is 74.2 Å². The van der Waals surface area contributed by atoms with Gasteiger partial charge in [-0.1, -0.05) is 29.3 Å². The van der Waals surface area contributed by atoms with E-state index in [0.29, 0.717) is 15.8 Å². The Morgan fingerprint density at radius 1 is 1.21 bits per heavy atom. The fourth-order valence-corrected chi connectivity index (χ4v) is 2.57. The zero-order valence-electron chi connectivity index (χ0n) is 9.81. The second-order valence-electron chi connectivity index (χ2n) is 4.41. The van der Waals surface area contributed by atoms with Gasteiger partial charge in [0, 0.05) is 11.8 Å². The minimum Gasteiger partial charge on any atom is -0.471 e. The van der Waals surface area contributed by atoms with E-state index >= 15 is 0 Å². The number of ether oxygens (including phenoxy) is 1. The van der Waals surface area contributed by atoms with Crippen LogP contribution in [0, 0.1) is 0 Å². The third-order valence-corrected chi connectivity index (χ3v) is 4.07. The first-order valence-corrected chi connectivity index (χ1v) is 6.40. The molecule has 0 bridgehead atoms. The summed E-state index contributed by atoms with van der Waals surface area (Å²) < 4.78 is 5.56. The van der Waals surface area contributed by atoms with E-state index in [9.17, 15) is 0 Å². The highest BCUT2D eigenvalue weighted by Gasteiger charge is 2.46. The number of nitrogens with two attached hydrogens (primary N) is 2. The van der Waals surface area contributed by atoms with Crippen molar-refractivity contribution in [2.24, 2.45) is 11.5 Å². The van der Waals surface area contributed by atoms with Crippen molar-refractivity contribution in [3.05, 3.63) is 57.8 Å². The molecule has 0 aliphatic carbocycles. The van der Waals surface area contributed by atoms with E-state index in [1.54, 1.807) is 36.7 Å². The molecule has 2 heterocycles. The smallest absolute Gasteiger partial charge is 0.174 e. The van der Waals surface area contributed by atoms with Crippen molar-refractivity contribution in [2.45, 2.75) is 11.8 Å². The zero-order chi connectivity index (χ0) is 13.6. The highest BCUT2D eigenvalue weighted by molar-refractivity contribution is 6.42. The molecule has 3 rings (SSSR count). The molecule has 1 aromatic carbocycles. The summed E-state index contributed by atoms with van der Waals surface area (Å²) in [6, 6.07) is 7.00. The van der Waals surface area contributed by atoms with E-state index in [2.05, 4.69) is 4.98 Å². The molecule has 0 amide bonds. The van der Waals surface area contributed by atoms with Crippen LogP contribution in [0.3, 0.4) is 0 Å². The number of benzene rings is 1. The molecule has 98 valence electrons. The molecule has 0 saturated heterocycles. The largest absolute Gasteiger partial charge is 0.471 e. The van der Waals surface area contributed by atoms with Gasteiger partial charge in [-0.3, -0.25) is 10.7 Å². The molecule has 2 aromatic rings. The van der Waals surface area contributed by atoms with Crippen molar-refractivity contribution in [1.82, 2.24) is 4.98 Å². The first-order valence-electron chi connectivity index (χ1n) is 5.64. The van der Waals surface area contributed by atoms with Gasteiger partial charge < -0.3 is 10.5 Å². The highest BCUT2D eigenvalue weighted by atomic mass is 35.5. The minimum absolute atomic E-state index is 0.429. The summed E-state index contributed by atoms with van der Waals surface area (Å²) >= 11 is 12.0. The molecule has 0 radical (unpaired) electrons. The highest BCUT2D eigenvalue weighted by Crippen LogP contribution is 2.42. The lowest BCUT2D eigenvalue weighted by Gasteiger charge is -2.28. The molecule has 4 N–H and O–H groups in total. The fraction of sp³-hybridized carbons (Fsp3) is 0.154. The number of hydrogen-bond acceptors (Lipinski definition) is 4. The standard InChI is InChI=1S/C13H11Cl2N3O/c14-9-2-1-7(5-10(9)15)13(17)8-3-4-18-6-11(8)19-12(13)16/h1-6,12H,16-17H2. The Morgan fingerprint density at radius 2 is 2.00 bits per heavy atom. The maximum atomic E-state index is 6.47. The second-order valence-corrected chi connectivity index (χ2v) is 5.22. The Morgan fingerprint density at radius 3 is 2.74 bits per heavy atom. The van der Waals surface area contributed by atoms with E-state index in [-0.39, 0.29) is 0 Å². The first kappa shape index (κ1) is 12.7. The third-order valence-electron chi connectivity index (χ3n) is 3.33. The Balaban J connectivity index is 2.19. The molecule has 1 aliphatic heterocycles. The van der Waals surface area contributed by atoms with Crippen LogP contribution in [-0.2, 0) is 5.54 Å². The van der Waals surface area contributed by atoms with Crippen molar-refractivity contribution in [3.8, 4) is 5.75 Å². The average molecular weight is 296 g/mol. The van der Waals surface area contributed by atoms with E-state index in [0.717, 1.165) is 11.1 Å². The van der Waals surface area contributed by atoms with Crippen LogP contribution in [0.5, 0.6) is 5.75 Å². The molecule has 0 spiro atoms. The maximum Gasteiger partial charge on any atom is 0.174 e. The lowest BCUT2D eigenvalue weighted by atomic mass is 9.84. The molecule has 1 aromatic heterocycles. The van der Waals surface area contributed by atoms with Gasteiger partial charge in [-0.2, -0.15) is 0 Å². The van der Waals surface area contributed by atoms with Gasteiger partial charge in [0.05, 0.1) is 16.2 Å². The predicted molar refractivity (Wildman–Crippen MR) is 74.3 cm³/mol. The summed E-state index contributed by atoms with van der Waals surface area (Å²) in [6.07, 6.45) is 2.55. The van der Waals surface area contributed by atoms with Gasteiger partial charge in [-0.25, -0.2) is 0 Å². The van der Waals surface area contributed by atoms with Gasteiger partial charge in [-0.15, -0.1) is 0 Å². The minimum atomic E-state index is -0.966. The Labute approximate surface area is 120 Å². The van der Waals surface area contributed by atoms with Gasteiger partial charge in [0.2, 0.25) is 0 Å². The van der Waals surface area contributed by atoms with Crippen LogP contribution >= 0.6 is 23.2 Å². The van der Waals surface area contributed by atoms with Gasteiger partial charge in [0.15, 0.2) is 6.23 Å². The second kappa shape index (κ2) is 4.35. The van der Waals surface area contributed by atoms with E-state index in [1.807, 2.05) is 0 Å². The lowest BCUT2D eigenvalue weighted by Crippen LogP contribution is -2.52. The van der Waals surface area contributed by atoms with Crippen LogP contribution in [0.25, 0.3) is 0 Å².